The number of alkyl halides is 1. The molecule has 98 valence electrons. The smallest absolute Gasteiger partial charge is 0.341 e. The van der Waals surface area contributed by atoms with E-state index in [9.17, 15) is 9.59 Å². The van der Waals surface area contributed by atoms with Crippen LogP contribution in [0.2, 0.25) is 0 Å². The van der Waals surface area contributed by atoms with E-state index in [1.54, 1.807) is 25.1 Å². The van der Waals surface area contributed by atoms with Gasteiger partial charge in [-0.2, -0.15) is 0 Å². The van der Waals surface area contributed by atoms with Gasteiger partial charge in [0.15, 0.2) is 0 Å². The first-order valence-corrected chi connectivity index (χ1v) is 6.43. The number of Topliss-reactive ketones (excluding diaryl/α,β-unsaturated/α-hetero) is 1. The van der Waals surface area contributed by atoms with Gasteiger partial charge in [-0.05, 0) is 19.9 Å². The molecule has 1 unspecified atom stereocenters. The lowest BCUT2D eigenvalue weighted by molar-refractivity contribution is -0.116. The molecule has 5 heteroatoms. The van der Waals surface area contributed by atoms with Crippen LogP contribution in [0.4, 0.5) is 0 Å². The quantitative estimate of drug-likeness (QED) is 0.619. The van der Waals surface area contributed by atoms with E-state index in [4.69, 9.17) is 9.47 Å². The number of para-hydroxylation sites is 1. The summed E-state index contributed by atoms with van der Waals surface area (Å²) in [5, 5.41) is 0. The molecular weight excluding hydrogens is 300 g/mol. The summed E-state index contributed by atoms with van der Waals surface area (Å²) in [4.78, 5) is 22.7. The van der Waals surface area contributed by atoms with E-state index < -0.39 is 10.8 Å². The van der Waals surface area contributed by atoms with Gasteiger partial charge in [0.1, 0.15) is 21.9 Å². The van der Waals surface area contributed by atoms with Crippen LogP contribution in [0, 0.1) is 0 Å². The number of ketones is 1. The highest BCUT2D eigenvalue weighted by Gasteiger charge is 2.22. The molecule has 1 atom stereocenters. The maximum atomic E-state index is 11.8. The predicted octanol–water partition coefficient (Wildman–Crippen LogP) is 2.90. The molecule has 0 aliphatic rings. The van der Waals surface area contributed by atoms with Crippen molar-refractivity contribution in [3.05, 3.63) is 29.3 Å². The largest absolute Gasteiger partial charge is 0.496 e. The van der Waals surface area contributed by atoms with Crippen LogP contribution in [-0.2, 0) is 9.53 Å². The summed E-state index contributed by atoms with van der Waals surface area (Å²) in [6.07, 6.45) is 0. The van der Waals surface area contributed by atoms with Crippen LogP contribution in [-0.4, -0.2) is 25.5 Å². The minimum atomic E-state index is -0.498. The summed E-state index contributed by atoms with van der Waals surface area (Å²) in [5.74, 6) is -0.151. The number of esters is 1. The lowest BCUT2D eigenvalue weighted by Gasteiger charge is -2.15. The molecule has 1 aromatic carbocycles. The Hall–Kier alpha value is -1.36. The summed E-state index contributed by atoms with van der Waals surface area (Å²) >= 11 is 3.28. The van der Waals surface area contributed by atoms with Crippen LogP contribution in [0.1, 0.15) is 34.6 Å². The molecule has 0 heterocycles. The molecule has 1 aromatic rings. The molecule has 0 amide bonds. The number of methoxy groups -OCH3 is 1. The fourth-order valence-corrected chi connectivity index (χ4v) is 1.93. The van der Waals surface area contributed by atoms with Crippen molar-refractivity contribution in [1.82, 2.24) is 0 Å². The number of carbonyl (C=O) groups excluding carboxylic acids is 2. The molecule has 0 aromatic heterocycles. The summed E-state index contributed by atoms with van der Waals surface area (Å²) in [6.45, 7) is 3.49. The Morgan fingerprint density at radius 1 is 1.39 bits per heavy atom. The van der Waals surface area contributed by atoms with Gasteiger partial charge in [0.2, 0.25) is 0 Å². The van der Waals surface area contributed by atoms with Crippen molar-refractivity contribution in [2.75, 3.05) is 13.7 Å². The topological polar surface area (TPSA) is 52.6 Å². The first kappa shape index (κ1) is 14.7. The number of carbonyl (C=O) groups is 2. The highest BCUT2D eigenvalue weighted by Crippen LogP contribution is 2.34. The lowest BCUT2D eigenvalue weighted by Crippen LogP contribution is -2.10. The first-order valence-electron chi connectivity index (χ1n) is 5.51. The van der Waals surface area contributed by atoms with Gasteiger partial charge >= 0.3 is 5.97 Å². The number of ether oxygens (including phenoxy) is 2. The molecule has 0 aliphatic carbocycles. The Kier molecular flexibility index (Phi) is 5.34. The zero-order valence-electron chi connectivity index (χ0n) is 10.5. The zero-order valence-corrected chi connectivity index (χ0v) is 12.1. The van der Waals surface area contributed by atoms with Crippen molar-refractivity contribution < 1.29 is 19.1 Å². The number of halogens is 1. The molecule has 1 rings (SSSR count). The maximum absolute atomic E-state index is 11.8. The highest BCUT2D eigenvalue weighted by molar-refractivity contribution is 9.09. The van der Waals surface area contributed by atoms with E-state index in [1.807, 2.05) is 0 Å². The van der Waals surface area contributed by atoms with E-state index in [1.165, 1.54) is 14.0 Å². The fourth-order valence-electron chi connectivity index (χ4n) is 1.57. The predicted molar refractivity (Wildman–Crippen MR) is 71.3 cm³/mol. The Morgan fingerprint density at radius 3 is 2.56 bits per heavy atom. The second kappa shape index (κ2) is 6.54. The molecule has 4 nitrogen and oxygen atoms in total. The number of hydrogen-bond acceptors (Lipinski definition) is 4. The van der Waals surface area contributed by atoms with Crippen molar-refractivity contribution in [2.45, 2.75) is 18.7 Å². The minimum absolute atomic E-state index is 0.0608. The summed E-state index contributed by atoms with van der Waals surface area (Å²) < 4.78 is 10.2. The third-order valence-corrected chi connectivity index (χ3v) is 3.51. The van der Waals surface area contributed by atoms with Crippen molar-refractivity contribution >= 4 is 27.7 Å². The van der Waals surface area contributed by atoms with E-state index >= 15 is 0 Å². The second-order valence-corrected chi connectivity index (χ2v) is 4.54. The van der Waals surface area contributed by atoms with E-state index in [-0.39, 0.29) is 12.4 Å². The fraction of sp³-hybridized carbons (Fsp3) is 0.385. The third kappa shape index (κ3) is 3.10. The maximum Gasteiger partial charge on any atom is 0.341 e. The monoisotopic (exact) mass is 314 g/mol. The third-order valence-electron chi connectivity index (χ3n) is 2.37. The molecule has 18 heavy (non-hydrogen) atoms. The van der Waals surface area contributed by atoms with Gasteiger partial charge in [0.05, 0.1) is 13.7 Å². The van der Waals surface area contributed by atoms with Crippen LogP contribution in [0.15, 0.2) is 18.2 Å². The van der Waals surface area contributed by atoms with Crippen molar-refractivity contribution in [2.24, 2.45) is 0 Å². The van der Waals surface area contributed by atoms with Crippen molar-refractivity contribution in [3.63, 3.8) is 0 Å². The molecule has 0 N–H and O–H groups in total. The van der Waals surface area contributed by atoms with Gasteiger partial charge in [0, 0.05) is 5.56 Å². The summed E-state index contributed by atoms with van der Waals surface area (Å²) in [6, 6.07) is 5.05. The summed E-state index contributed by atoms with van der Waals surface area (Å²) in [7, 11) is 1.46. The van der Waals surface area contributed by atoms with Crippen LogP contribution < -0.4 is 4.74 Å². The average molecular weight is 315 g/mol. The van der Waals surface area contributed by atoms with Crippen LogP contribution >= 0.6 is 15.9 Å². The zero-order chi connectivity index (χ0) is 13.7. The molecular formula is C13H15BrO4. The molecule has 0 aliphatic heterocycles. The van der Waals surface area contributed by atoms with Crippen LogP contribution in [0.25, 0.3) is 0 Å². The molecule has 0 saturated heterocycles. The number of benzene rings is 1. The van der Waals surface area contributed by atoms with Gasteiger partial charge in [-0.15, -0.1) is 0 Å². The Morgan fingerprint density at radius 2 is 2.06 bits per heavy atom. The second-order valence-electron chi connectivity index (χ2n) is 3.62. The molecule has 0 bridgehead atoms. The molecule has 0 radical (unpaired) electrons. The highest BCUT2D eigenvalue weighted by atomic mass is 79.9. The Labute approximate surface area is 114 Å². The van der Waals surface area contributed by atoms with Crippen LogP contribution in [0.5, 0.6) is 5.75 Å². The SMILES string of the molecule is CCOC(=O)c1cccc(C(Br)C(C)=O)c1OC. The van der Waals surface area contributed by atoms with Gasteiger partial charge in [-0.1, -0.05) is 28.1 Å². The van der Waals surface area contributed by atoms with Crippen molar-refractivity contribution in [1.29, 1.82) is 0 Å². The van der Waals surface area contributed by atoms with Gasteiger partial charge in [-0.3, -0.25) is 4.79 Å². The molecule has 0 fully saturated rings. The number of hydrogen-bond donors (Lipinski definition) is 0. The van der Waals surface area contributed by atoms with E-state index in [2.05, 4.69) is 15.9 Å². The van der Waals surface area contributed by atoms with E-state index in [0.717, 1.165) is 0 Å². The van der Waals surface area contributed by atoms with Gasteiger partial charge in [0.25, 0.3) is 0 Å². The first-order chi connectivity index (χ1) is 8.52. The minimum Gasteiger partial charge on any atom is -0.496 e. The number of rotatable bonds is 5. The van der Waals surface area contributed by atoms with Crippen LogP contribution in [0.3, 0.4) is 0 Å². The Bertz CT molecular complexity index is 456. The standard InChI is InChI=1S/C13H15BrO4/c1-4-18-13(16)10-7-5-6-9(12(10)17-3)11(14)8(2)15/h5-7,11H,4H2,1-3H3. The van der Waals surface area contributed by atoms with Crippen molar-refractivity contribution in [3.8, 4) is 5.75 Å². The average Bonchev–Trinajstić information content (AvgIpc) is 2.36. The van der Waals surface area contributed by atoms with E-state index in [0.29, 0.717) is 16.9 Å². The Balaban J connectivity index is 3.26. The lowest BCUT2D eigenvalue weighted by atomic mass is 10.0. The summed E-state index contributed by atoms with van der Waals surface area (Å²) in [5.41, 5.74) is 0.943. The van der Waals surface area contributed by atoms with Gasteiger partial charge in [-0.25, -0.2) is 4.79 Å². The molecule has 0 saturated carbocycles. The van der Waals surface area contributed by atoms with Gasteiger partial charge < -0.3 is 9.47 Å². The normalized spacial score (nSPS) is 11.8. The molecule has 0 spiro atoms.